The van der Waals surface area contributed by atoms with E-state index in [0.29, 0.717) is 11.3 Å². The molecule has 1 aromatic heterocycles. The Labute approximate surface area is 137 Å². The normalized spacial score (nSPS) is 11.3. The molecule has 0 spiro atoms. The van der Waals surface area contributed by atoms with Gasteiger partial charge in [0.05, 0.1) is 18.6 Å². The maximum atomic E-state index is 11.8. The molecule has 0 atom stereocenters. The molecule has 1 heterocycles. The van der Waals surface area contributed by atoms with Crippen LogP contribution in [0.15, 0.2) is 51.6 Å². The summed E-state index contributed by atoms with van der Waals surface area (Å²) < 4.78 is 31.9. The van der Waals surface area contributed by atoms with Crippen molar-refractivity contribution in [2.45, 2.75) is 6.54 Å². The highest BCUT2D eigenvalue weighted by atomic mass is 79.9. The fourth-order valence-corrected chi connectivity index (χ4v) is 2.81. The second kappa shape index (κ2) is 7.57. The SMILES string of the molecule is O=C(NCCS(=O)(=O)NCc1ccco1)c1ccc(Br)cc1. The average molecular weight is 387 g/mol. The van der Waals surface area contributed by atoms with Gasteiger partial charge in [-0.2, -0.15) is 0 Å². The van der Waals surface area contributed by atoms with Crippen molar-refractivity contribution < 1.29 is 17.6 Å². The van der Waals surface area contributed by atoms with Gasteiger partial charge in [0.15, 0.2) is 0 Å². The number of hydrogen-bond donors (Lipinski definition) is 2. The lowest BCUT2D eigenvalue weighted by atomic mass is 10.2. The number of nitrogens with one attached hydrogen (secondary N) is 2. The molecule has 8 heteroatoms. The Balaban J connectivity index is 1.77. The van der Waals surface area contributed by atoms with Crippen molar-refractivity contribution in [2.24, 2.45) is 0 Å². The first-order chi connectivity index (χ1) is 10.5. The molecule has 0 fully saturated rings. The molecule has 0 unspecified atom stereocenters. The first-order valence-corrected chi connectivity index (χ1v) is 8.94. The van der Waals surface area contributed by atoms with Crippen molar-refractivity contribution in [2.75, 3.05) is 12.3 Å². The number of carbonyl (C=O) groups excluding carboxylic acids is 1. The van der Waals surface area contributed by atoms with E-state index in [1.165, 1.54) is 6.26 Å². The zero-order valence-corrected chi connectivity index (χ0v) is 14.0. The molecule has 0 aliphatic rings. The van der Waals surface area contributed by atoms with Gasteiger partial charge in [-0.1, -0.05) is 15.9 Å². The number of furan rings is 1. The van der Waals surface area contributed by atoms with Gasteiger partial charge in [-0.15, -0.1) is 0 Å². The Hall–Kier alpha value is -1.64. The van der Waals surface area contributed by atoms with Gasteiger partial charge in [0.2, 0.25) is 10.0 Å². The molecule has 1 amide bonds. The van der Waals surface area contributed by atoms with Crippen LogP contribution in [0, 0.1) is 0 Å². The van der Waals surface area contributed by atoms with E-state index in [9.17, 15) is 13.2 Å². The van der Waals surface area contributed by atoms with Crippen molar-refractivity contribution >= 4 is 31.9 Å². The van der Waals surface area contributed by atoms with Crippen molar-refractivity contribution in [1.82, 2.24) is 10.0 Å². The predicted octanol–water partition coefficient (Wildman–Crippen LogP) is 1.89. The number of hydrogen-bond acceptors (Lipinski definition) is 4. The molecule has 6 nitrogen and oxygen atoms in total. The summed E-state index contributed by atoms with van der Waals surface area (Å²) in [7, 11) is -3.47. The zero-order chi connectivity index (χ0) is 16.0. The topological polar surface area (TPSA) is 88.4 Å². The number of benzene rings is 1. The van der Waals surface area contributed by atoms with Gasteiger partial charge in [0.25, 0.3) is 5.91 Å². The molecule has 0 radical (unpaired) electrons. The molecule has 1 aromatic carbocycles. The highest BCUT2D eigenvalue weighted by Crippen LogP contribution is 2.10. The third-order valence-electron chi connectivity index (χ3n) is 2.81. The lowest BCUT2D eigenvalue weighted by Crippen LogP contribution is -2.34. The third kappa shape index (κ3) is 5.28. The monoisotopic (exact) mass is 386 g/mol. The van der Waals surface area contributed by atoms with Gasteiger partial charge in [0, 0.05) is 16.6 Å². The summed E-state index contributed by atoms with van der Waals surface area (Å²) in [4.78, 5) is 11.8. The van der Waals surface area contributed by atoms with Gasteiger partial charge in [-0.05, 0) is 36.4 Å². The van der Waals surface area contributed by atoms with Crippen LogP contribution in [-0.4, -0.2) is 26.6 Å². The molecular weight excluding hydrogens is 372 g/mol. The van der Waals surface area contributed by atoms with Crippen LogP contribution in [0.2, 0.25) is 0 Å². The summed E-state index contributed by atoms with van der Waals surface area (Å²) in [5, 5.41) is 2.57. The standard InChI is InChI=1S/C14H15BrN2O4S/c15-12-5-3-11(4-6-12)14(18)16-7-9-22(19,20)17-10-13-2-1-8-21-13/h1-6,8,17H,7,9-10H2,(H,16,18). The molecule has 2 aromatic rings. The summed E-state index contributed by atoms with van der Waals surface area (Å²) in [6.07, 6.45) is 1.47. The van der Waals surface area contributed by atoms with E-state index in [0.717, 1.165) is 4.47 Å². The van der Waals surface area contributed by atoms with Crippen LogP contribution in [0.4, 0.5) is 0 Å². The van der Waals surface area contributed by atoms with E-state index in [1.54, 1.807) is 36.4 Å². The molecule has 118 valence electrons. The highest BCUT2D eigenvalue weighted by Gasteiger charge is 2.12. The van der Waals surface area contributed by atoms with Crippen LogP contribution < -0.4 is 10.0 Å². The van der Waals surface area contributed by atoms with E-state index in [4.69, 9.17) is 4.42 Å². The molecule has 2 rings (SSSR count). The Bertz CT molecular complexity index is 712. The number of rotatable bonds is 7. The molecule has 0 saturated carbocycles. The molecule has 22 heavy (non-hydrogen) atoms. The lowest BCUT2D eigenvalue weighted by Gasteiger charge is -2.07. The summed E-state index contributed by atoms with van der Waals surface area (Å²) >= 11 is 3.28. The van der Waals surface area contributed by atoms with Gasteiger partial charge < -0.3 is 9.73 Å². The molecule has 2 N–H and O–H groups in total. The van der Waals surface area contributed by atoms with Crippen LogP contribution in [0.3, 0.4) is 0 Å². The summed E-state index contributed by atoms with van der Waals surface area (Å²) in [5.41, 5.74) is 0.476. The molecule has 0 saturated heterocycles. The first-order valence-electron chi connectivity index (χ1n) is 6.50. The largest absolute Gasteiger partial charge is 0.468 e. The predicted molar refractivity (Wildman–Crippen MR) is 85.8 cm³/mol. The fraction of sp³-hybridized carbons (Fsp3) is 0.214. The van der Waals surface area contributed by atoms with E-state index < -0.39 is 10.0 Å². The molecule has 0 aliphatic carbocycles. The molecule has 0 aliphatic heterocycles. The maximum Gasteiger partial charge on any atom is 0.251 e. The second-order valence-corrected chi connectivity index (χ2v) is 7.32. The smallest absolute Gasteiger partial charge is 0.251 e. The van der Waals surface area contributed by atoms with Gasteiger partial charge in [0.1, 0.15) is 5.76 Å². The van der Waals surface area contributed by atoms with Gasteiger partial charge in [-0.3, -0.25) is 4.79 Å². The van der Waals surface area contributed by atoms with E-state index in [-0.39, 0.29) is 24.7 Å². The number of amides is 1. The first kappa shape index (κ1) is 16.7. The van der Waals surface area contributed by atoms with E-state index >= 15 is 0 Å². The maximum absolute atomic E-state index is 11.8. The number of carbonyl (C=O) groups is 1. The summed E-state index contributed by atoms with van der Waals surface area (Å²) in [6, 6.07) is 10.2. The third-order valence-corrected chi connectivity index (χ3v) is 4.66. The van der Waals surface area contributed by atoms with E-state index in [2.05, 4.69) is 26.0 Å². The van der Waals surface area contributed by atoms with Crippen molar-refractivity contribution in [3.8, 4) is 0 Å². The van der Waals surface area contributed by atoms with Gasteiger partial charge >= 0.3 is 0 Å². The summed E-state index contributed by atoms with van der Waals surface area (Å²) in [5.74, 6) is 0.0203. The lowest BCUT2D eigenvalue weighted by molar-refractivity contribution is 0.0956. The quantitative estimate of drug-likeness (QED) is 0.760. The van der Waals surface area contributed by atoms with Gasteiger partial charge in [-0.25, -0.2) is 13.1 Å². The minimum absolute atomic E-state index is 0.0301. The minimum Gasteiger partial charge on any atom is -0.468 e. The van der Waals surface area contributed by atoms with Crippen molar-refractivity contribution in [3.63, 3.8) is 0 Å². The minimum atomic E-state index is -3.47. The van der Waals surface area contributed by atoms with Crippen molar-refractivity contribution in [1.29, 1.82) is 0 Å². The summed E-state index contributed by atoms with van der Waals surface area (Å²) in [6.45, 7) is 0.123. The van der Waals surface area contributed by atoms with Crippen molar-refractivity contribution in [3.05, 3.63) is 58.5 Å². The fourth-order valence-electron chi connectivity index (χ4n) is 1.67. The Morgan fingerprint density at radius 2 is 1.91 bits per heavy atom. The number of halogens is 1. The Morgan fingerprint density at radius 1 is 1.18 bits per heavy atom. The number of sulfonamides is 1. The average Bonchev–Trinajstić information content (AvgIpc) is 2.99. The van der Waals surface area contributed by atoms with Crippen LogP contribution in [0.25, 0.3) is 0 Å². The van der Waals surface area contributed by atoms with Crippen LogP contribution in [0.5, 0.6) is 0 Å². The van der Waals surface area contributed by atoms with E-state index in [1.807, 2.05) is 0 Å². The van der Waals surface area contributed by atoms with Crippen LogP contribution in [-0.2, 0) is 16.6 Å². The molecule has 0 bridgehead atoms. The Kier molecular flexibility index (Phi) is 5.76. The Morgan fingerprint density at radius 3 is 2.55 bits per heavy atom. The van der Waals surface area contributed by atoms with Crippen LogP contribution in [0.1, 0.15) is 16.1 Å². The second-order valence-electron chi connectivity index (χ2n) is 4.48. The van der Waals surface area contributed by atoms with Crippen LogP contribution >= 0.6 is 15.9 Å². The zero-order valence-electron chi connectivity index (χ0n) is 11.6. The highest BCUT2D eigenvalue weighted by molar-refractivity contribution is 9.10. The molecular formula is C14H15BrN2O4S.